The quantitative estimate of drug-likeness (QED) is 0.318. The van der Waals surface area contributed by atoms with Gasteiger partial charge < -0.3 is 16.2 Å². The molecule has 5 aromatic rings. The number of methoxy groups -OCH3 is 1. The second kappa shape index (κ2) is 9.05. The zero-order valence-corrected chi connectivity index (χ0v) is 21.4. The fourth-order valence-corrected chi connectivity index (χ4v) is 5.52. The Labute approximate surface area is 216 Å². The van der Waals surface area contributed by atoms with Crippen LogP contribution in [0.1, 0.15) is 36.3 Å². The van der Waals surface area contributed by atoms with Gasteiger partial charge in [0, 0.05) is 23.2 Å². The minimum absolute atomic E-state index is 0.218. The van der Waals surface area contributed by atoms with E-state index in [0.717, 1.165) is 80.8 Å². The lowest BCUT2D eigenvalue weighted by molar-refractivity contribution is 0.415. The van der Waals surface area contributed by atoms with Crippen LogP contribution in [-0.4, -0.2) is 27.5 Å². The van der Waals surface area contributed by atoms with Crippen LogP contribution in [0.3, 0.4) is 0 Å². The standard InChI is InChI=1S/C31H30N5O/c1-18-8-15-28(37-3)26(16-18)24-13-14-25(23-7-5-4-6-22(23)24)29-30-31(33)34-17-27(36(30)19(2)35-29)20-9-11-21(32)12-10-20/h4-9,13-14,16-17,21H,10-12,32H2,1-3H3,(H2,33,34). The van der Waals surface area contributed by atoms with E-state index in [9.17, 15) is 0 Å². The van der Waals surface area contributed by atoms with Crippen LogP contribution in [0.5, 0.6) is 5.75 Å². The molecule has 6 nitrogen and oxygen atoms in total. The predicted octanol–water partition coefficient (Wildman–Crippen LogP) is 6.12. The van der Waals surface area contributed by atoms with E-state index in [1.807, 2.05) is 19.2 Å². The van der Waals surface area contributed by atoms with Crippen molar-refractivity contribution in [3.63, 3.8) is 0 Å². The van der Waals surface area contributed by atoms with Crippen molar-refractivity contribution < 1.29 is 4.74 Å². The summed E-state index contributed by atoms with van der Waals surface area (Å²) in [5.41, 5.74) is 20.9. The van der Waals surface area contributed by atoms with Crippen LogP contribution in [0.15, 0.2) is 60.8 Å². The number of imidazole rings is 1. The number of hydrogen-bond acceptors (Lipinski definition) is 5. The zero-order valence-electron chi connectivity index (χ0n) is 21.4. The van der Waals surface area contributed by atoms with Gasteiger partial charge in [0.1, 0.15) is 28.6 Å². The lowest BCUT2D eigenvalue weighted by atomic mass is 9.92. The number of nitrogens with zero attached hydrogens (tertiary/aromatic N) is 3. The van der Waals surface area contributed by atoms with E-state index in [1.165, 1.54) is 5.57 Å². The molecule has 0 bridgehead atoms. The highest BCUT2D eigenvalue weighted by molar-refractivity contribution is 6.07. The number of fused-ring (bicyclic) bond motifs is 2. The third kappa shape index (κ3) is 3.85. The summed E-state index contributed by atoms with van der Waals surface area (Å²) in [6, 6.07) is 20.2. The summed E-state index contributed by atoms with van der Waals surface area (Å²) in [6.07, 6.45) is 6.85. The Balaban J connectivity index is 1.60. The van der Waals surface area contributed by atoms with E-state index in [-0.39, 0.29) is 6.04 Å². The van der Waals surface area contributed by atoms with Gasteiger partial charge in [-0.15, -0.1) is 0 Å². The van der Waals surface area contributed by atoms with Gasteiger partial charge in [0.05, 0.1) is 19.0 Å². The number of ether oxygens (including phenoxy) is 1. The van der Waals surface area contributed by atoms with Gasteiger partial charge >= 0.3 is 0 Å². The molecule has 0 saturated heterocycles. The summed E-state index contributed by atoms with van der Waals surface area (Å²) >= 11 is 0. The van der Waals surface area contributed by atoms with Crippen LogP contribution in [0.2, 0.25) is 0 Å². The first-order valence-electron chi connectivity index (χ1n) is 12.6. The maximum Gasteiger partial charge on any atom is 0.150 e. The van der Waals surface area contributed by atoms with Gasteiger partial charge in [0.2, 0.25) is 0 Å². The van der Waals surface area contributed by atoms with Gasteiger partial charge in [-0.25, -0.2) is 9.97 Å². The first kappa shape index (κ1) is 23.3. The van der Waals surface area contributed by atoms with Crippen LogP contribution >= 0.6 is 0 Å². The molecule has 1 atom stereocenters. The molecule has 2 heterocycles. The average molecular weight is 489 g/mol. The minimum Gasteiger partial charge on any atom is -0.495 e. The lowest BCUT2D eigenvalue weighted by Crippen LogP contribution is -2.21. The van der Waals surface area contributed by atoms with E-state index in [0.29, 0.717) is 5.82 Å². The van der Waals surface area contributed by atoms with E-state index in [4.69, 9.17) is 21.2 Å². The number of allylic oxidation sites excluding steroid dienone is 1. The SMILES string of the molecule is COc1[c]cc(C)cc1-c1ccc(-c2nc(C)n3c(C4=CCC(N)CC4)cnc(N)c23)c2ccccc12. The third-order valence-corrected chi connectivity index (χ3v) is 7.36. The lowest BCUT2D eigenvalue weighted by Gasteiger charge is -2.20. The molecule has 0 amide bonds. The second-order valence-electron chi connectivity index (χ2n) is 9.81. The van der Waals surface area contributed by atoms with Crippen molar-refractivity contribution in [2.75, 3.05) is 12.8 Å². The molecule has 0 fully saturated rings. The van der Waals surface area contributed by atoms with Crippen LogP contribution in [0, 0.1) is 19.9 Å². The smallest absolute Gasteiger partial charge is 0.150 e. The molecule has 1 aliphatic rings. The predicted molar refractivity (Wildman–Crippen MR) is 150 cm³/mol. The highest BCUT2D eigenvalue weighted by Gasteiger charge is 2.22. The van der Waals surface area contributed by atoms with Crippen LogP contribution in [0.25, 0.3) is 44.2 Å². The number of rotatable bonds is 4. The van der Waals surface area contributed by atoms with Crippen LogP contribution in [-0.2, 0) is 0 Å². The summed E-state index contributed by atoms with van der Waals surface area (Å²) < 4.78 is 7.82. The molecule has 37 heavy (non-hydrogen) atoms. The van der Waals surface area contributed by atoms with Crippen molar-refractivity contribution in [2.45, 2.75) is 39.2 Å². The summed E-state index contributed by atoms with van der Waals surface area (Å²) in [6.45, 7) is 4.09. The van der Waals surface area contributed by atoms with Crippen molar-refractivity contribution in [3.8, 4) is 28.1 Å². The summed E-state index contributed by atoms with van der Waals surface area (Å²) in [7, 11) is 1.68. The molecule has 0 aliphatic heterocycles. The molecule has 0 saturated carbocycles. The van der Waals surface area contributed by atoms with Gasteiger partial charge in [-0.2, -0.15) is 0 Å². The van der Waals surface area contributed by atoms with Crippen molar-refractivity contribution in [3.05, 3.63) is 84.0 Å². The molecule has 1 aliphatic carbocycles. The Morgan fingerprint density at radius 1 is 1.05 bits per heavy atom. The van der Waals surface area contributed by atoms with Crippen molar-refractivity contribution >= 4 is 27.7 Å². The molecule has 1 unspecified atom stereocenters. The molecule has 6 heteroatoms. The molecule has 2 aromatic heterocycles. The maximum absolute atomic E-state index is 6.52. The molecule has 6 rings (SSSR count). The zero-order chi connectivity index (χ0) is 25.7. The van der Waals surface area contributed by atoms with Crippen molar-refractivity contribution in [1.29, 1.82) is 0 Å². The molecular formula is C31H30N5O. The number of aryl methyl sites for hydroxylation is 2. The number of aromatic nitrogens is 3. The number of benzene rings is 3. The Morgan fingerprint density at radius 3 is 2.54 bits per heavy atom. The topological polar surface area (TPSA) is 91.5 Å². The monoisotopic (exact) mass is 488 g/mol. The van der Waals surface area contributed by atoms with E-state index < -0.39 is 0 Å². The van der Waals surface area contributed by atoms with E-state index >= 15 is 0 Å². The van der Waals surface area contributed by atoms with Gasteiger partial charge in [-0.05, 0) is 72.7 Å². The number of nitrogens with two attached hydrogens (primary N) is 2. The molecule has 0 spiro atoms. The number of hydrogen-bond donors (Lipinski definition) is 2. The summed E-state index contributed by atoms with van der Waals surface area (Å²) in [5, 5.41) is 2.21. The van der Waals surface area contributed by atoms with Gasteiger partial charge in [-0.3, -0.25) is 4.40 Å². The first-order valence-corrected chi connectivity index (χ1v) is 12.6. The molecule has 185 valence electrons. The Hall–Kier alpha value is -4.16. The Kier molecular flexibility index (Phi) is 5.69. The summed E-state index contributed by atoms with van der Waals surface area (Å²) in [4.78, 5) is 9.65. The largest absolute Gasteiger partial charge is 0.495 e. The summed E-state index contributed by atoms with van der Waals surface area (Å²) in [5.74, 6) is 2.08. The highest BCUT2D eigenvalue weighted by Crippen LogP contribution is 2.41. The van der Waals surface area contributed by atoms with Crippen LogP contribution < -0.4 is 16.2 Å². The molecule has 4 N–H and O–H groups in total. The Bertz CT molecular complexity index is 1700. The van der Waals surface area contributed by atoms with Gasteiger partial charge in [0.25, 0.3) is 0 Å². The minimum atomic E-state index is 0.218. The van der Waals surface area contributed by atoms with Crippen molar-refractivity contribution in [2.24, 2.45) is 5.73 Å². The normalized spacial score (nSPS) is 15.8. The van der Waals surface area contributed by atoms with Gasteiger partial charge in [0.15, 0.2) is 0 Å². The first-order chi connectivity index (χ1) is 18.0. The molecular weight excluding hydrogens is 458 g/mol. The van der Waals surface area contributed by atoms with E-state index in [1.54, 1.807) is 7.11 Å². The molecule has 3 aromatic carbocycles. The second-order valence-corrected chi connectivity index (χ2v) is 9.81. The fraction of sp³-hybridized carbons (Fsp3) is 0.226. The van der Waals surface area contributed by atoms with Gasteiger partial charge in [-0.1, -0.05) is 42.5 Å². The average Bonchev–Trinajstić information content (AvgIpc) is 3.26. The Morgan fingerprint density at radius 2 is 1.81 bits per heavy atom. The van der Waals surface area contributed by atoms with E-state index in [2.05, 4.69) is 70.9 Å². The number of nitrogen functional groups attached to an aromatic ring is 1. The highest BCUT2D eigenvalue weighted by atomic mass is 16.5. The maximum atomic E-state index is 6.52. The molecule has 1 radical (unpaired) electrons. The van der Waals surface area contributed by atoms with Crippen LogP contribution in [0.4, 0.5) is 5.82 Å². The number of anilines is 1. The fourth-order valence-electron chi connectivity index (χ4n) is 5.52. The van der Waals surface area contributed by atoms with Crippen molar-refractivity contribution in [1.82, 2.24) is 14.4 Å². The third-order valence-electron chi connectivity index (χ3n) is 7.36.